The van der Waals surface area contributed by atoms with Crippen molar-refractivity contribution in [2.45, 2.75) is 11.0 Å². The molecular formula is C9H9FN2O5S. The summed E-state index contributed by atoms with van der Waals surface area (Å²) in [4.78, 5) is 9.20. The van der Waals surface area contributed by atoms with Crippen molar-refractivity contribution in [3.05, 3.63) is 34.1 Å². The Hall–Kier alpha value is -1.58. The van der Waals surface area contributed by atoms with Gasteiger partial charge in [-0.05, 0) is 12.1 Å². The van der Waals surface area contributed by atoms with E-state index in [1.165, 1.54) is 0 Å². The third-order valence-electron chi connectivity index (χ3n) is 2.56. The summed E-state index contributed by atoms with van der Waals surface area (Å²) >= 11 is 0. The molecule has 1 saturated heterocycles. The smallest absolute Gasteiger partial charge is 0.292 e. The summed E-state index contributed by atoms with van der Waals surface area (Å²) < 4.78 is 37.8. The predicted octanol–water partition coefficient (Wildman–Crippen LogP) is 0.0991. The van der Waals surface area contributed by atoms with Crippen molar-refractivity contribution in [3.8, 4) is 0 Å². The lowest BCUT2D eigenvalue weighted by Crippen LogP contribution is -2.53. The lowest BCUT2D eigenvalue weighted by atomic mass is 10.2. The van der Waals surface area contributed by atoms with Crippen LogP contribution in [-0.4, -0.2) is 41.9 Å². The van der Waals surface area contributed by atoms with E-state index in [1.807, 2.05) is 0 Å². The first-order valence-electron chi connectivity index (χ1n) is 4.94. The number of hydrogen-bond donors (Lipinski definition) is 1. The zero-order valence-corrected chi connectivity index (χ0v) is 9.80. The van der Waals surface area contributed by atoms with Crippen molar-refractivity contribution in [3.63, 3.8) is 0 Å². The highest BCUT2D eigenvalue weighted by molar-refractivity contribution is 7.89. The SMILES string of the molecule is O=[N+]([O-])c1cc(F)ccc1S(=O)(=O)N1CC(O)C1. The molecule has 1 aromatic rings. The Morgan fingerprint density at radius 3 is 2.56 bits per heavy atom. The average molecular weight is 276 g/mol. The van der Waals surface area contributed by atoms with Crippen LogP contribution in [0.5, 0.6) is 0 Å². The molecule has 0 unspecified atom stereocenters. The number of hydrogen-bond acceptors (Lipinski definition) is 5. The molecule has 0 atom stereocenters. The zero-order valence-electron chi connectivity index (χ0n) is 8.98. The maximum atomic E-state index is 12.9. The lowest BCUT2D eigenvalue weighted by molar-refractivity contribution is -0.388. The Bertz CT molecular complexity index is 597. The third-order valence-corrected chi connectivity index (χ3v) is 4.44. The zero-order chi connectivity index (χ0) is 13.5. The van der Waals surface area contributed by atoms with Gasteiger partial charge < -0.3 is 5.11 Å². The topological polar surface area (TPSA) is 101 Å². The van der Waals surface area contributed by atoms with Gasteiger partial charge in [-0.25, -0.2) is 12.8 Å². The first-order valence-corrected chi connectivity index (χ1v) is 6.38. The van der Waals surface area contributed by atoms with E-state index in [0.29, 0.717) is 6.07 Å². The quantitative estimate of drug-likeness (QED) is 0.623. The van der Waals surface area contributed by atoms with Gasteiger partial charge in [0.1, 0.15) is 5.82 Å². The summed E-state index contributed by atoms with van der Waals surface area (Å²) in [6.45, 7) is -0.228. The van der Waals surface area contributed by atoms with E-state index in [0.717, 1.165) is 16.4 Å². The van der Waals surface area contributed by atoms with E-state index in [2.05, 4.69) is 0 Å². The van der Waals surface area contributed by atoms with E-state index >= 15 is 0 Å². The highest BCUT2D eigenvalue weighted by Crippen LogP contribution is 2.29. The first kappa shape index (κ1) is 12.9. The van der Waals surface area contributed by atoms with Gasteiger partial charge in [0.05, 0.1) is 17.1 Å². The monoisotopic (exact) mass is 276 g/mol. The van der Waals surface area contributed by atoms with Crippen molar-refractivity contribution in [2.24, 2.45) is 0 Å². The maximum absolute atomic E-state index is 12.9. The van der Waals surface area contributed by atoms with E-state index in [9.17, 15) is 22.9 Å². The predicted molar refractivity (Wildman–Crippen MR) is 57.8 cm³/mol. The Labute approximate surface area is 102 Å². The number of β-amino-alcohol motifs (C(OH)–C–C–N with tert-alkyl or cyclic N) is 1. The molecule has 2 rings (SSSR count). The van der Waals surface area contributed by atoms with Crippen LogP contribution in [-0.2, 0) is 10.0 Å². The molecule has 18 heavy (non-hydrogen) atoms. The molecule has 0 saturated carbocycles. The Kier molecular flexibility index (Phi) is 3.05. The molecule has 7 nitrogen and oxygen atoms in total. The van der Waals surface area contributed by atoms with E-state index in [1.54, 1.807) is 0 Å². The third kappa shape index (κ3) is 2.07. The Morgan fingerprint density at radius 1 is 1.44 bits per heavy atom. The summed E-state index contributed by atoms with van der Waals surface area (Å²) in [5.74, 6) is -0.885. The van der Waals surface area contributed by atoms with Crippen LogP contribution in [0.2, 0.25) is 0 Å². The fourth-order valence-electron chi connectivity index (χ4n) is 1.60. The van der Waals surface area contributed by atoms with Crippen molar-refractivity contribution in [1.82, 2.24) is 4.31 Å². The number of nitro groups is 1. The van der Waals surface area contributed by atoms with Gasteiger partial charge in [0.25, 0.3) is 5.69 Å². The van der Waals surface area contributed by atoms with Crippen molar-refractivity contribution in [2.75, 3.05) is 13.1 Å². The second-order valence-corrected chi connectivity index (χ2v) is 5.75. The molecule has 0 radical (unpaired) electrons. The number of nitrogens with zero attached hydrogens (tertiary/aromatic N) is 2. The number of aliphatic hydroxyl groups is 1. The Morgan fingerprint density at radius 2 is 2.06 bits per heavy atom. The fraction of sp³-hybridized carbons (Fsp3) is 0.333. The molecule has 0 spiro atoms. The largest absolute Gasteiger partial charge is 0.390 e. The number of nitro benzene ring substituents is 1. The van der Waals surface area contributed by atoms with Gasteiger partial charge in [-0.2, -0.15) is 4.31 Å². The standard InChI is InChI=1S/C9H9FN2O5S/c10-6-1-2-9(8(3-6)12(14)15)18(16,17)11-4-7(13)5-11/h1-3,7,13H,4-5H2. The summed E-state index contributed by atoms with van der Waals surface area (Å²) in [6, 6.07) is 2.26. The lowest BCUT2D eigenvalue weighted by Gasteiger charge is -2.34. The molecule has 1 N–H and O–H groups in total. The fourth-order valence-corrected chi connectivity index (χ4v) is 3.26. The number of sulfonamides is 1. The van der Waals surface area contributed by atoms with Crippen molar-refractivity contribution in [1.29, 1.82) is 0 Å². The molecular weight excluding hydrogens is 267 g/mol. The summed E-state index contributed by atoms with van der Waals surface area (Å²) in [5.41, 5.74) is -0.809. The van der Waals surface area contributed by atoms with Crippen molar-refractivity contribution < 1.29 is 22.8 Å². The minimum absolute atomic E-state index is 0.114. The minimum atomic E-state index is -4.06. The van der Waals surface area contributed by atoms with Gasteiger partial charge in [0.15, 0.2) is 4.90 Å². The summed E-state index contributed by atoms with van der Waals surface area (Å²) in [5, 5.41) is 19.8. The van der Waals surface area contributed by atoms with Crippen LogP contribution in [0.15, 0.2) is 23.1 Å². The van der Waals surface area contributed by atoms with Gasteiger partial charge in [0.2, 0.25) is 10.0 Å². The molecule has 0 aliphatic carbocycles. The van der Waals surface area contributed by atoms with E-state index in [4.69, 9.17) is 5.11 Å². The van der Waals surface area contributed by atoms with Crippen LogP contribution < -0.4 is 0 Å². The van der Waals surface area contributed by atoms with Crippen LogP contribution in [0.1, 0.15) is 0 Å². The second kappa shape index (κ2) is 4.26. The molecule has 1 heterocycles. The molecule has 9 heteroatoms. The number of benzene rings is 1. The average Bonchev–Trinajstić information content (AvgIpc) is 2.24. The highest BCUT2D eigenvalue weighted by Gasteiger charge is 2.39. The van der Waals surface area contributed by atoms with Gasteiger partial charge in [0, 0.05) is 13.1 Å². The van der Waals surface area contributed by atoms with Gasteiger partial charge in [-0.3, -0.25) is 10.1 Å². The van der Waals surface area contributed by atoms with Crippen LogP contribution in [0.25, 0.3) is 0 Å². The van der Waals surface area contributed by atoms with Crippen LogP contribution in [0.3, 0.4) is 0 Å². The number of halogens is 1. The van der Waals surface area contributed by atoms with Crippen LogP contribution in [0, 0.1) is 15.9 Å². The second-order valence-electron chi connectivity index (χ2n) is 3.85. The molecule has 1 fully saturated rings. The summed E-state index contributed by atoms with van der Waals surface area (Å²) in [7, 11) is -4.06. The normalized spacial score (nSPS) is 17.4. The van der Waals surface area contributed by atoms with Crippen LogP contribution >= 0.6 is 0 Å². The van der Waals surface area contributed by atoms with Crippen LogP contribution in [0.4, 0.5) is 10.1 Å². The maximum Gasteiger partial charge on any atom is 0.292 e. The number of rotatable bonds is 3. The van der Waals surface area contributed by atoms with Gasteiger partial charge in [-0.1, -0.05) is 0 Å². The molecule has 0 aromatic heterocycles. The number of aliphatic hydroxyl groups excluding tert-OH is 1. The molecule has 1 aliphatic heterocycles. The minimum Gasteiger partial charge on any atom is -0.390 e. The summed E-state index contributed by atoms with van der Waals surface area (Å²) in [6.07, 6.45) is -0.765. The molecule has 1 aromatic carbocycles. The van der Waals surface area contributed by atoms with E-state index in [-0.39, 0.29) is 13.1 Å². The molecule has 0 amide bonds. The Balaban J connectivity index is 2.48. The van der Waals surface area contributed by atoms with Gasteiger partial charge >= 0.3 is 0 Å². The highest BCUT2D eigenvalue weighted by atomic mass is 32.2. The molecule has 0 bridgehead atoms. The molecule has 98 valence electrons. The molecule has 1 aliphatic rings. The first-order chi connectivity index (χ1) is 8.32. The van der Waals surface area contributed by atoms with Gasteiger partial charge in [-0.15, -0.1) is 0 Å². The van der Waals surface area contributed by atoms with E-state index < -0.39 is 37.5 Å². The van der Waals surface area contributed by atoms with Crippen molar-refractivity contribution >= 4 is 15.7 Å².